The van der Waals surface area contributed by atoms with E-state index in [1.54, 1.807) is 0 Å². The highest BCUT2D eigenvalue weighted by molar-refractivity contribution is 9.10. The Kier molecular flexibility index (Phi) is 4.21. The third kappa shape index (κ3) is 2.71. The second kappa shape index (κ2) is 5.67. The fourth-order valence-electron chi connectivity index (χ4n) is 2.41. The van der Waals surface area contributed by atoms with Crippen LogP contribution in [-0.2, 0) is 4.79 Å². The van der Waals surface area contributed by atoms with Crippen LogP contribution < -0.4 is 0 Å². The van der Waals surface area contributed by atoms with E-state index in [2.05, 4.69) is 28.1 Å². The van der Waals surface area contributed by atoms with Crippen LogP contribution in [0.4, 0.5) is 0 Å². The Balaban J connectivity index is 2.15. The molecule has 2 nitrogen and oxygen atoms in total. The molecule has 1 fully saturated rings. The van der Waals surface area contributed by atoms with E-state index in [0.717, 1.165) is 25.8 Å². The van der Waals surface area contributed by atoms with E-state index in [1.165, 1.54) is 5.56 Å². The van der Waals surface area contributed by atoms with Gasteiger partial charge in [-0.1, -0.05) is 53.2 Å². The Labute approximate surface area is 111 Å². The molecule has 0 radical (unpaired) electrons. The number of hydrogen-bond donors (Lipinski definition) is 0. The van der Waals surface area contributed by atoms with Crippen molar-refractivity contribution in [2.45, 2.75) is 37.1 Å². The lowest BCUT2D eigenvalue weighted by molar-refractivity contribution is -0.131. The van der Waals surface area contributed by atoms with Gasteiger partial charge in [0.1, 0.15) is 0 Å². The van der Waals surface area contributed by atoms with Crippen LogP contribution in [-0.4, -0.2) is 22.2 Å². The van der Waals surface area contributed by atoms with Gasteiger partial charge in [-0.3, -0.25) is 4.79 Å². The van der Waals surface area contributed by atoms with Crippen molar-refractivity contribution in [3.05, 3.63) is 35.9 Å². The molecule has 3 heteroatoms. The minimum atomic E-state index is -0.0354. The van der Waals surface area contributed by atoms with Crippen LogP contribution in [0.5, 0.6) is 0 Å². The van der Waals surface area contributed by atoms with Gasteiger partial charge in [-0.15, -0.1) is 0 Å². The average molecular weight is 296 g/mol. The van der Waals surface area contributed by atoms with Crippen molar-refractivity contribution in [1.82, 2.24) is 4.90 Å². The number of hydrogen-bond acceptors (Lipinski definition) is 1. The maximum Gasteiger partial charge on any atom is 0.236 e. The highest BCUT2D eigenvalue weighted by Crippen LogP contribution is 2.33. The van der Waals surface area contributed by atoms with Gasteiger partial charge >= 0.3 is 0 Å². The number of amides is 1. The topological polar surface area (TPSA) is 20.3 Å². The van der Waals surface area contributed by atoms with Gasteiger partial charge in [-0.2, -0.15) is 0 Å². The first-order valence-corrected chi connectivity index (χ1v) is 7.15. The first kappa shape index (κ1) is 12.6. The Bertz CT molecular complexity index is 379. The monoisotopic (exact) mass is 295 g/mol. The van der Waals surface area contributed by atoms with Crippen molar-refractivity contribution in [1.29, 1.82) is 0 Å². The minimum Gasteiger partial charge on any atom is -0.335 e. The van der Waals surface area contributed by atoms with Crippen LogP contribution in [0.25, 0.3) is 0 Å². The molecule has 1 saturated heterocycles. The van der Waals surface area contributed by atoms with Gasteiger partial charge in [-0.25, -0.2) is 0 Å². The number of carbonyl (C=O) groups is 1. The first-order valence-electron chi connectivity index (χ1n) is 6.23. The Morgan fingerprint density at radius 2 is 2.18 bits per heavy atom. The molecule has 92 valence electrons. The summed E-state index contributed by atoms with van der Waals surface area (Å²) in [6.45, 7) is 2.92. The van der Waals surface area contributed by atoms with Crippen molar-refractivity contribution >= 4 is 21.8 Å². The van der Waals surface area contributed by atoms with Gasteiger partial charge in [0.05, 0.1) is 10.9 Å². The van der Waals surface area contributed by atoms with E-state index < -0.39 is 0 Å². The molecule has 2 rings (SSSR count). The second-order valence-electron chi connectivity index (χ2n) is 4.48. The van der Waals surface area contributed by atoms with Gasteiger partial charge in [0.25, 0.3) is 0 Å². The van der Waals surface area contributed by atoms with Gasteiger partial charge < -0.3 is 4.90 Å². The molecule has 1 aliphatic heterocycles. The van der Waals surface area contributed by atoms with E-state index in [9.17, 15) is 4.79 Å². The van der Waals surface area contributed by atoms with E-state index in [4.69, 9.17) is 0 Å². The smallest absolute Gasteiger partial charge is 0.236 e. The molecule has 0 aliphatic carbocycles. The SMILES string of the molecule is CCC(Br)C(=O)N1CCCC1c1ccccc1. The molecule has 1 heterocycles. The number of benzene rings is 1. The fraction of sp³-hybridized carbons (Fsp3) is 0.500. The molecule has 0 aromatic heterocycles. The Morgan fingerprint density at radius 3 is 2.82 bits per heavy atom. The summed E-state index contributed by atoms with van der Waals surface area (Å²) >= 11 is 3.46. The highest BCUT2D eigenvalue weighted by atomic mass is 79.9. The summed E-state index contributed by atoms with van der Waals surface area (Å²) in [5, 5.41) is 0. The van der Waals surface area contributed by atoms with E-state index in [1.807, 2.05) is 30.0 Å². The summed E-state index contributed by atoms with van der Waals surface area (Å²) in [7, 11) is 0. The summed E-state index contributed by atoms with van der Waals surface area (Å²) in [6, 6.07) is 10.6. The molecule has 1 aliphatic rings. The van der Waals surface area contributed by atoms with E-state index in [0.29, 0.717) is 0 Å². The molecule has 2 atom stereocenters. The van der Waals surface area contributed by atoms with Crippen LogP contribution in [0.2, 0.25) is 0 Å². The third-order valence-electron chi connectivity index (χ3n) is 3.35. The maximum absolute atomic E-state index is 12.2. The zero-order valence-corrected chi connectivity index (χ0v) is 11.7. The predicted molar refractivity (Wildman–Crippen MR) is 73.1 cm³/mol. The van der Waals surface area contributed by atoms with Crippen molar-refractivity contribution in [3.8, 4) is 0 Å². The first-order chi connectivity index (χ1) is 8.24. The van der Waals surface area contributed by atoms with Crippen molar-refractivity contribution < 1.29 is 4.79 Å². The summed E-state index contributed by atoms with van der Waals surface area (Å²) in [5.74, 6) is 0.235. The van der Waals surface area contributed by atoms with Crippen LogP contribution in [0.3, 0.4) is 0 Å². The van der Waals surface area contributed by atoms with Gasteiger partial charge in [0.15, 0.2) is 0 Å². The lowest BCUT2D eigenvalue weighted by atomic mass is 10.0. The molecule has 1 amide bonds. The fourth-order valence-corrected chi connectivity index (χ4v) is 2.67. The summed E-state index contributed by atoms with van der Waals surface area (Å²) in [6.07, 6.45) is 3.03. The summed E-state index contributed by atoms with van der Waals surface area (Å²) < 4.78 is 0. The number of alkyl halides is 1. The zero-order valence-electron chi connectivity index (χ0n) is 10.1. The zero-order chi connectivity index (χ0) is 12.3. The molecule has 0 saturated carbocycles. The van der Waals surface area contributed by atoms with Gasteiger partial charge in [0.2, 0.25) is 5.91 Å². The van der Waals surface area contributed by atoms with Crippen molar-refractivity contribution in [2.24, 2.45) is 0 Å². The van der Waals surface area contributed by atoms with Crippen molar-refractivity contribution in [3.63, 3.8) is 0 Å². The molecular formula is C14H18BrNO. The minimum absolute atomic E-state index is 0.0354. The highest BCUT2D eigenvalue weighted by Gasteiger charge is 2.32. The number of likely N-dealkylation sites (tertiary alicyclic amines) is 1. The summed E-state index contributed by atoms with van der Waals surface area (Å²) in [5.41, 5.74) is 1.26. The van der Waals surface area contributed by atoms with E-state index in [-0.39, 0.29) is 16.8 Å². The number of halogens is 1. The van der Waals surface area contributed by atoms with Crippen LogP contribution in [0.15, 0.2) is 30.3 Å². The maximum atomic E-state index is 12.2. The van der Waals surface area contributed by atoms with Crippen LogP contribution in [0, 0.1) is 0 Å². The van der Waals surface area contributed by atoms with Gasteiger partial charge in [0, 0.05) is 6.54 Å². The number of carbonyl (C=O) groups excluding carboxylic acids is 1. The molecular weight excluding hydrogens is 278 g/mol. The van der Waals surface area contributed by atoms with Crippen LogP contribution >= 0.6 is 15.9 Å². The molecule has 0 bridgehead atoms. The Morgan fingerprint density at radius 1 is 1.47 bits per heavy atom. The molecule has 17 heavy (non-hydrogen) atoms. The molecule has 2 unspecified atom stereocenters. The second-order valence-corrected chi connectivity index (χ2v) is 5.58. The standard InChI is InChI=1S/C14H18BrNO/c1-2-12(15)14(17)16-10-6-9-13(16)11-7-4-3-5-8-11/h3-5,7-8,12-13H,2,6,9-10H2,1H3. The third-order valence-corrected chi connectivity index (χ3v) is 4.39. The molecule has 0 N–H and O–H groups in total. The predicted octanol–water partition coefficient (Wildman–Crippen LogP) is 3.52. The van der Waals surface area contributed by atoms with E-state index >= 15 is 0 Å². The quantitative estimate of drug-likeness (QED) is 0.781. The lowest BCUT2D eigenvalue weighted by Gasteiger charge is -2.27. The molecule has 1 aromatic carbocycles. The number of rotatable bonds is 3. The number of nitrogens with zero attached hydrogens (tertiary/aromatic N) is 1. The van der Waals surface area contributed by atoms with Crippen LogP contribution in [0.1, 0.15) is 37.8 Å². The normalized spacial score (nSPS) is 21.5. The largest absolute Gasteiger partial charge is 0.335 e. The molecule has 1 aromatic rings. The molecule has 0 spiro atoms. The lowest BCUT2D eigenvalue weighted by Crippen LogP contribution is -2.35. The summed E-state index contributed by atoms with van der Waals surface area (Å²) in [4.78, 5) is 14.2. The average Bonchev–Trinajstić information content (AvgIpc) is 2.87. The Hall–Kier alpha value is -0.830. The van der Waals surface area contributed by atoms with Gasteiger partial charge in [-0.05, 0) is 24.8 Å². The van der Waals surface area contributed by atoms with Crippen molar-refractivity contribution in [2.75, 3.05) is 6.54 Å².